The number of benzene rings is 1. The number of likely N-dealkylation sites (tertiary alicyclic amines) is 1. The van der Waals surface area contributed by atoms with Crippen LogP contribution in [0.15, 0.2) is 22.7 Å². The third-order valence-corrected chi connectivity index (χ3v) is 5.80. The zero-order valence-corrected chi connectivity index (χ0v) is 15.4. The third kappa shape index (κ3) is 3.24. The molecule has 1 aliphatic carbocycles. The molecule has 0 radical (unpaired) electrons. The van der Waals surface area contributed by atoms with Gasteiger partial charge in [-0.15, -0.1) is 0 Å². The van der Waals surface area contributed by atoms with Crippen LogP contribution in [0.2, 0.25) is 0 Å². The molecule has 2 aromatic rings. The molecule has 144 valence electrons. The van der Waals surface area contributed by atoms with Crippen LogP contribution in [0.1, 0.15) is 68.6 Å². The molecule has 1 amide bonds. The van der Waals surface area contributed by atoms with Gasteiger partial charge in [0.25, 0.3) is 0 Å². The standard InChI is InChI=1S/C20H23F2N3O2/c1-2-7-25-12-13(8-17(25)26)18-23-19(27-24-18)20(5-3-4-6-20)14-9-15(21)11-16(22)10-14/h9-11,13H,2-8,12H2,1H3. The minimum absolute atomic E-state index is 0.0933. The predicted octanol–water partition coefficient (Wildman–Crippen LogP) is 3.93. The molecular weight excluding hydrogens is 352 g/mol. The van der Waals surface area contributed by atoms with Crippen LogP contribution in [-0.4, -0.2) is 34.0 Å². The van der Waals surface area contributed by atoms with Crippen molar-refractivity contribution in [3.63, 3.8) is 0 Å². The summed E-state index contributed by atoms with van der Waals surface area (Å²) in [6, 6.07) is 3.60. The second-order valence-electron chi connectivity index (χ2n) is 7.65. The Morgan fingerprint density at radius 3 is 2.59 bits per heavy atom. The zero-order valence-electron chi connectivity index (χ0n) is 15.4. The van der Waals surface area contributed by atoms with Crippen LogP contribution in [0.4, 0.5) is 8.78 Å². The van der Waals surface area contributed by atoms with Gasteiger partial charge in [0.15, 0.2) is 5.82 Å². The number of hydrogen-bond acceptors (Lipinski definition) is 4. The highest BCUT2D eigenvalue weighted by Crippen LogP contribution is 2.46. The van der Waals surface area contributed by atoms with E-state index in [2.05, 4.69) is 10.1 Å². The summed E-state index contributed by atoms with van der Waals surface area (Å²) in [7, 11) is 0. The first kappa shape index (κ1) is 18.1. The Balaban J connectivity index is 1.65. The van der Waals surface area contributed by atoms with Crippen molar-refractivity contribution >= 4 is 5.91 Å². The maximum atomic E-state index is 13.8. The van der Waals surface area contributed by atoms with E-state index in [1.54, 1.807) is 0 Å². The van der Waals surface area contributed by atoms with Gasteiger partial charge >= 0.3 is 0 Å². The normalized spacial score (nSPS) is 22.0. The largest absolute Gasteiger partial charge is 0.342 e. The first-order valence-corrected chi connectivity index (χ1v) is 9.60. The van der Waals surface area contributed by atoms with E-state index >= 15 is 0 Å². The molecule has 1 unspecified atom stereocenters. The minimum Gasteiger partial charge on any atom is -0.342 e. The highest BCUT2D eigenvalue weighted by molar-refractivity contribution is 5.79. The van der Waals surface area contributed by atoms with Crippen LogP contribution in [0.3, 0.4) is 0 Å². The molecule has 1 saturated heterocycles. The molecule has 0 spiro atoms. The molecule has 1 aromatic carbocycles. The van der Waals surface area contributed by atoms with Crippen LogP contribution in [0.5, 0.6) is 0 Å². The van der Waals surface area contributed by atoms with E-state index in [9.17, 15) is 13.6 Å². The Bertz CT molecular complexity index is 825. The van der Waals surface area contributed by atoms with Crippen molar-refractivity contribution in [2.24, 2.45) is 0 Å². The van der Waals surface area contributed by atoms with Crippen molar-refractivity contribution in [3.8, 4) is 0 Å². The van der Waals surface area contributed by atoms with Crippen LogP contribution in [0.25, 0.3) is 0 Å². The Morgan fingerprint density at radius 2 is 1.93 bits per heavy atom. The SMILES string of the molecule is CCCN1CC(c2noc(C3(c4cc(F)cc(F)c4)CCCC3)n2)CC1=O. The molecule has 1 saturated carbocycles. The molecule has 27 heavy (non-hydrogen) atoms. The van der Waals surface area contributed by atoms with Gasteiger partial charge in [-0.3, -0.25) is 4.79 Å². The van der Waals surface area contributed by atoms with Crippen molar-refractivity contribution in [3.05, 3.63) is 47.1 Å². The van der Waals surface area contributed by atoms with Gasteiger partial charge in [-0.1, -0.05) is 24.9 Å². The molecule has 2 heterocycles. The van der Waals surface area contributed by atoms with E-state index < -0.39 is 17.0 Å². The van der Waals surface area contributed by atoms with E-state index in [1.807, 2.05) is 11.8 Å². The van der Waals surface area contributed by atoms with Gasteiger partial charge in [0, 0.05) is 31.5 Å². The summed E-state index contributed by atoms with van der Waals surface area (Å²) >= 11 is 0. The van der Waals surface area contributed by atoms with Crippen LogP contribution >= 0.6 is 0 Å². The quantitative estimate of drug-likeness (QED) is 0.794. The number of amides is 1. The second-order valence-corrected chi connectivity index (χ2v) is 7.65. The van der Waals surface area contributed by atoms with E-state index in [0.29, 0.717) is 43.1 Å². The van der Waals surface area contributed by atoms with Crippen molar-refractivity contribution in [1.29, 1.82) is 0 Å². The first-order chi connectivity index (χ1) is 13.0. The number of carbonyl (C=O) groups excluding carboxylic acids is 1. The summed E-state index contributed by atoms with van der Waals surface area (Å²) in [4.78, 5) is 18.6. The molecule has 7 heteroatoms. The molecule has 0 N–H and O–H groups in total. The third-order valence-electron chi connectivity index (χ3n) is 5.80. The van der Waals surface area contributed by atoms with E-state index in [1.165, 1.54) is 12.1 Å². The number of nitrogens with zero attached hydrogens (tertiary/aromatic N) is 3. The van der Waals surface area contributed by atoms with Gasteiger partial charge < -0.3 is 9.42 Å². The zero-order chi connectivity index (χ0) is 19.0. The van der Waals surface area contributed by atoms with E-state index in [-0.39, 0.29) is 11.8 Å². The fraction of sp³-hybridized carbons (Fsp3) is 0.550. The van der Waals surface area contributed by atoms with Gasteiger partial charge in [-0.2, -0.15) is 4.98 Å². The smallest absolute Gasteiger partial charge is 0.237 e. The predicted molar refractivity (Wildman–Crippen MR) is 94.1 cm³/mol. The summed E-state index contributed by atoms with van der Waals surface area (Å²) in [5, 5.41) is 4.13. The highest BCUT2D eigenvalue weighted by atomic mass is 19.1. The lowest BCUT2D eigenvalue weighted by Gasteiger charge is -2.25. The maximum absolute atomic E-state index is 13.8. The number of rotatable bonds is 5. The highest BCUT2D eigenvalue weighted by Gasteiger charge is 2.44. The Kier molecular flexibility index (Phi) is 4.70. The second kappa shape index (κ2) is 7.02. The van der Waals surface area contributed by atoms with Crippen molar-refractivity contribution in [1.82, 2.24) is 15.0 Å². The van der Waals surface area contributed by atoms with Crippen molar-refractivity contribution in [2.45, 2.75) is 56.8 Å². The van der Waals surface area contributed by atoms with Gasteiger partial charge in [0.2, 0.25) is 11.8 Å². The lowest BCUT2D eigenvalue weighted by Crippen LogP contribution is -2.26. The van der Waals surface area contributed by atoms with Crippen molar-refractivity contribution < 1.29 is 18.1 Å². The number of halogens is 2. The summed E-state index contributed by atoms with van der Waals surface area (Å²) in [6.45, 7) is 3.36. The van der Waals surface area contributed by atoms with E-state index in [0.717, 1.165) is 31.9 Å². The molecular formula is C20H23F2N3O2. The lowest BCUT2D eigenvalue weighted by molar-refractivity contribution is -0.127. The maximum Gasteiger partial charge on any atom is 0.237 e. The molecule has 1 atom stereocenters. The first-order valence-electron chi connectivity index (χ1n) is 9.60. The van der Waals surface area contributed by atoms with Crippen LogP contribution in [0, 0.1) is 11.6 Å². The molecule has 2 aliphatic rings. The van der Waals surface area contributed by atoms with Gasteiger partial charge in [-0.25, -0.2) is 8.78 Å². The molecule has 1 aromatic heterocycles. The van der Waals surface area contributed by atoms with Crippen LogP contribution < -0.4 is 0 Å². The average molecular weight is 375 g/mol. The molecule has 1 aliphatic heterocycles. The fourth-order valence-corrected chi connectivity index (χ4v) is 4.46. The summed E-state index contributed by atoms with van der Waals surface area (Å²) in [6.07, 6.45) is 4.57. The minimum atomic E-state index is -0.653. The molecule has 2 fully saturated rings. The molecule has 5 nitrogen and oxygen atoms in total. The topological polar surface area (TPSA) is 59.2 Å². The lowest BCUT2D eigenvalue weighted by atomic mass is 9.78. The molecule has 0 bridgehead atoms. The fourth-order valence-electron chi connectivity index (χ4n) is 4.46. The number of aromatic nitrogens is 2. The Hall–Kier alpha value is -2.31. The number of carbonyl (C=O) groups is 1. The summed E-state index contributed by atoms with van der Waals surface area (Å²) in [5.41, 5.74) is -0.109. The number of hydrogen-bond donors (Lipinski definition) is 0. The van der Waals surface area contributed by atoms with Crippen LogP contribution in [-0.2, 0) is 10.2 Å². The summed E-state index contributed by atoms with van der Waals surface area (Å²) in [5.74, 6) is -0.276. The van der Waals surface area contributed by atoms with Crippen molar-refractivity contribution in [2.75, 3.05) is 13.1 Å². The van der Waals surface area contributed by atoms with Gasteiger partial charge in [0.05, 0.1) is 5.41 Å². The summed E-state index contributed by atoms with van der Waals surface area (Å²) < 4.78 is 33.2. The monoisotopic (exact) mass is 375 g/mol. The van der Waals surface area contributed by atoms with Gasteiger partial charge in [0.1, 0.15) is 11.6 Å². The van der Waals surface area contributed by atoms with Gasteiger partial charge in [-0.05, 0) is 37.0 Å². The Morgan fingerprint density at radius 1 is 1.22 bits per heavy atom. The Labute approximate surface area is 156 Å². The average Bonchev–Trinajstić information content (AvgIpc) is 3.34. The van der Waals surface area contributed by atoms with E-state index in [4.69, 9.17) is 4.52 Å². The molecule has 4 rings (SSSR count).